The summed E-state index contributed by atoms with van der Waals surface area (Å²) in [6.07, 6.45) is 1.25. The van der Waals surface area contributed by atoms with E-state index in [0.717, 1.165) is 15.9 Å². The van der Waals surface area contributed by atoms with E-state index in [1.807, 2.05) is 31.2 Å². The predicted molar refractivity (Wildman–Crippen MR) is 72.4 cm³/mol. The van der Waals surface area contributed by atoms with Crippen LogP contribution in [0.3, 0.4) is 0 Å². The Morgan fingerprint density at radius 1 is 1.41 bits per heavy atom. The van der Waals surface area contributed by atoms with Gasteiger partial charge in [-0.1, -0.05) is 12.1 Å². The van der Waals surface area contributed by atoms with Crippen molar-refractivity contribution in [3.8, 4) is 0 Å². The lowest BCUT2D eigenvalue weighted by molar-refractivity contribution is 0.598. The Morgan fingerprint density at radius 2 is 2.12 bits per heavy atom. The minimum absolute atomic E-state index is 0.117. The summed E-state index contributed by atoms with van der Waals surface area (Å²) in [5.74, 6) is 0.124. The van der Waals surface area contributed by atoms with Gasteiger partial charge in [-0.15, -0.1) is 0 Å². The number of fused-ring (bicyclic) bond motifs is 1. The standard InChI is InChI=1S/C11H14N2O2S2/c1-8(7-17(2,14)15)12-11-9-5-3-4-6-10(9)13-16-11/h3-6,8,12H,7H2,1-2H3. The molecule has 1 atom stereocenters. The van der Waals surface area contributed by atoms with Crippen LogP contribution >= 0.6 is 11.5 Å². The van der Waals surface area contributed by atoms with Crippen molar-refractivity contribution < 1.29 is 8.42 Å². The van der Waals surface area contributed by atoms with Crippen LogP contribution in [0, 0.1) is 0 Å². The summed E-state index contributed by atoms with van der Waals surface area (Å²) in [6.45, 7) is 1.86. The van der Waals surface area contributed by atoms with E-state index >= 15 is 0 Å². The zero-order valence-electron chi connectivity index (χ0n) is 9.67. The third kappa shape index (κ3) is 3.17. The predicted octanol–water partition coefficient (Wildman–Crippen LogP) is 2.14. The summed E-state index contributed by atoms with van der Waals surface area (Å²) in [5, 5.41) is 5.17. The van der Waals surface area contributed by atoms with Gasteiger partial charge in [0.15, 0.2) is 0 Å². The van der Waals surface area contributed by atoms with E-state index in [-0.39, 0.29) is 11.8 Å². The maximum atomic E-state index is 11.2. The molecule has 0 aliphatic carbocycles. The van der Waals surface area contributed by atoms with E-state index < -0.39 is 9.84 Å². The van der Waals surface area contributed by atoms with Gasteiger partial charge < -0.3 is 5.32 Å². The highest BCUT2D eigenvalue weighted by Gasteiger charge is 2.13. The number of hydrogen-bond donors (Lipinski definition) is 1. The Morgan fingerprint density at radius 3 is 2.82 bits per heavy atom. The van der Waals surface area contributed by atoms with Crippen LogP contribution in [0.5, 0.6) is 0 Å². The summed E-state index contributed by atoms with van der Waals surface area (Å²) in [7, 11) is -2.96. The monoisotopic (exact) mass is 270 g/mol. The molecule has 2 aromatic rings. The average Bonchev–Trinajstić information content (AvgIpc) is 2.59. The van der Waals surface area contributed by atoms with Crippen molar-refractivity contribution in [3.63, 3.8) is 0 Å². The zero-order valence-corrected chi connectivity index (χ0v) is 11.3. The Labute approximate surface area is 105 Å². The van der Waals surface area contributed by atoms with Crippen LogP contribution in [-0.4, -0.2) is 30.8 Å². The van der Waals surface area contributed by atoms with E-state index in [4.69, 9.17) is 0 Å². The van der Waals surface area contributed by atoms with Crippen molar-refractivity contribution in [3.05, 3.63) is 24.3 Å². The quantitative estimate of drug-likeness (QED) is 0.924. The van der Waals surface area contributed by atoms with E-state index in [0.29, 0.717) is 0 Å². The second-order valence-electron chi connectivity index (χ2n) is 4.17. The van der Waals surface area contributed by atoms with Crippen LogP contribution in [0.4, 0.5) is 5.00 Å². The first-order chi connectivity index (χ1) is 7.96. The smallest absolute Gasteiger partial charge is 0.149 e. The van der Waals surface area contributed by atoms with Crippen molar-refractivity contribution in [2.24, 2.45) is 0 Å². The average molecular weight is 270 g/mol. The highest BCUT2D eigenvalue weighted by atomic mass is 32.2. The first-order valence-electron chi connectivity index (χ1n) is 5.24. The van der Waals surface area contributed by atoms with Gasteiger partial charge in [-0.2, -0.15) is 4.37 Å². The van der Waals surface area contributed by atoms with Crippen molar-refractivity contribution in [2.45, 2.75) is 13.0 Å². The molecule has 0 fully saturated rings. The molecule has 1 heterocycles. The zero-order chi connectivity index (χ0) is 12.5. The highest BCUT2D eigenvalue weighted by molar-refractivity contribution is 7.90. The van der Waals surface area contributed by atoms with Crippen LogP contribution in [-0.2, 0) is 9.84 Å². The number of rotatable bonds is 4. The maximum Gasteiger partial charge on any atom is 0.149 e. The minimum atomic E-state index is -2.96. The number of nitrogens with one attached hydrogen (secondary N) is 1. The fraction of sp³-hybridized carbons (Fsp3) is 0.364. The summed E-state index contributed by atoms with van der Waals surface area (Å²) in [6, 6.07) is 7.69. The molecule has 92 valence electrons. The molecule has 0 aliphatic rings. The number of aromatic nitrogens is 1. The van der Waals surface area contributed by atoms with Gasteiger partial charge in [0.1, 0.15) is 14.8 Å². The second kappa shape index (κ2) is 4.62. The lowest BCUT2D eigenvalue weighted by Crippen LogP contribution is -2.24. The lowest BCUT2D eigenvalue weighted by atomic mass is 10.2. The van der Waals surface area contributed by atoms with Crippen LogP contribution in [0.15, 0.2) is 24.3 Å². The molecule has 0 spiro atoms. The first kappa shape index (κ1) is 12.3. The molecule has 1 aromatic carbocycles. The van der Waals surface area contributed by atoms with Crippen molar-refractivity contribution >= 4 is 37.3 Å². The number of sulfone groups is 1. The third-order valence-corrected chi connectivity index (χ3v) is 4.23. The first-order valence-corrected chi connectivity index (χ1v) is 8.08. The van der Waals surface area contributed by atoms with E-state index in [2.05, 4.69) is 9.69 Å². The van der Waals surface area contributed by atoms with Gasteiger partial charge in [0.2, 0.25) is 0 Å². The molecule has 1 unspecified atom stereocenters. The van der Waals surface area contributed by atoms with Crippen LogP contribution in [0.25, 0.3) is 10.9 Å². The van der Waals surface area contributed by atoms with Gasteiger partial charge in [0.25, 0.3) is 0 Å². The van der Waals surface area contributed by atoms with Crippen LogP contribution < -0.4 is 5.32 Å². The normalized spacial score (nSPS) is 13.8. The summed E-state index contributed by atoms with van der Waals surface area (Å²) >= 11 is 1.36. The molecule has 1 N–H and O–H groups in total. The molecule has 6 heteroatoms. The third-order valence-electron chi connectivity index (χ3n) is 2.31. The van der Waals surface area contributed by atoms with Crippen LogP contribution in [0.2, 0.25) is 0 Å². The summed E-state index contributed by atoms with van der Waals surface area (Å²) in [4.78, 5) is 0. The molecular weight excluding hydrogens is 256 g/mol. The Kier molecular flexibility index (Phi) is 3.35. The Bertz CT molecular complexity index is 619. The Balaban J connectivity index is 2.19. The van der Waals surface area contributed by atoms with E-state index in [1.54, 1.807) is 0 Å². The molecule has 0 bridgehead atoms. The number of nitrogens with zero attached hydrogens (tertiary/aromatic N) is 1. The van der Waals surface area contributed by atoms with Gasteiger partial charge in [0.05, 0.1) is 11.3 Å². The topological polar surface area (TPSA) is 59.1 Å². The largest absolute Gasteiger partial charge is 0.372 e. The molecular formula is C11H14N2O2S2. The van der Waals surface area contributed by atoms with Gasteiger partial charge >= 0.3 is 0 Å². The fourth-order valence-electron chi connectivity index (χ4n) is 1.71. The molecule has 0 amide bonds. The van der Waals surface area contributed by atoms with E-state index in [9.17, 15) is 8.42 Å². The molecule has 2 rings (SSSR count). The number of hydrogen-bond acceptors (Lipinski definition) is 5. The lowest BCUT2D eigenvalue weighted by Gasteiger charge is -2.12. The number of benzene rings is 1. The Hall–Kier alpha value is -1.14. The highest BCUT2D eigenvalue weighted by Crippen LogP contribution is 2.27. The van der Waals surface area contributed by atoms with E-state index in [1.165, 1.54) is 17.8 Å². The molecule has 0 saturated carbocycles. The summed E-state index contributed by atoms with van der Waals surface area (Å²) in [5.41, 5.74) is 0.937. The molecule has 0 radical (unpaired) electrons. The fourth-order valence-corrected chi connectivity index (χ4v) is 3.58. The summed E-state index contributed by atoms with van der Waals surface area (Å²) < 4.78 is 26.7. The van der Waals surface area contributed by atoms with Gasteiger partial charge in [-0.3, -0.25) is 0 Å². The molecule has 4 nitrogen and oxygen atoms in total. The van der Waals surface area contributed by atoms with Crippen molar-refractivity contribution in [1.29, 1.82) is 0 Å². The van der Waals surface area contributed by atoms with Crippen molar-refractivity contribution in [1.82, 2.24) is 4.37 Å². The molecule has 17 heavy (non-hydrogen) atoms. The molecule has 0 aliphatic heterocycles. The maximum absolute atomic E-state index is 11.2. The molecule has 1 aromatic heterocycles. The second-order valence-corrected chi connectivity index (χ2v) is 7.12. The number of anilines is 1. The van der Waals surface area contributed by atoms with Gasteiger partial charge in [-0.05, 0) is 30.6 Å². The van der Waals surface area contributed by atoms with Gasteiger partial charge in [-0.25, -0.2) is 8.42 Å². The SMILES string of the molecule is CC(CS(C)(=O)=O)Nc1snc2ccccc12. The van der Waals surface area contributed by atoms with Crippen molar-refractivity contribution in [2.75, 3.05) is 17.3 Å². The molecule has 0 saturated heterocycles. The van der Waals surface area contributed by atoms with Crippen LogP contribution in [0.1, 0.15) is 6.92 Å². The minimum Gasteiger partial charge on any atom is -0.372 e. The van der Waals surface area contributed by atoms with Gasteiger partial charge in [0, 0.05) is 17.7 Å².